The molecule has 0 amide bonds. The Kier molecular flexibility index (Phi) is 7.91. The second-order valence-electron chi connectivity index (χ2n) is 6.62. The molecule has 0 unspecified atom stereocenters. The molecule has 0 heterocycles. The third kappa shape index (κ3) is 9.34. The number of benzene rings is 1. The highest BCUT2D eigenvalue weighted by Crippen LogP contribution is 2.17. The van der Waals surface area contributed by atoms with Gasteiger partial charge in [0.15, 0.2) is 5.96 Å². The number of nitrogens with two attached hydrogens (primary N) is 2. The molecule has 0 aliphatic rings. The molecule has 0 aromatic heterocycles. The van der Waals surface area contributed by atoms with Gasteiger partial charge in [-0.1, -0.05) is 6.42 Å². The maximum Gasteiger partial charge on any atom is 0.338 e. The van der Waals surface area contributed by atoms with Crippen molar-refractivity contribution >= 4 is 17.9 Å². The number of nitrogens with zero attached hydrogens (tertiary/aromatic N) is 1. The largest absolute Gasteiger partial charge is 0.456 e. The van der Waals surface area contributed by atoms with Crippen LogP contribution in [-0.4, -0.2) is 30.0 Å². The van der Waals surface area contributed by atoms with Crippen molar-refractivity contribution < 1.29 is 19.1 Å². The predicted octanol–water partition coefficient (Wildman–Crippen LogP) is 2.38. The van der Waals surface area contributed by atoms with Gasteiger partial charge < -0.3 is 20.9 Å². The number of guanidine groups is 1. The molecule has 0 radical (unpaired) electrons. The quantitative estimate of drug-likeness (QED) is 0.245. The molecule has 7 heteroatoms. The molecule has 0 aliphatic heterocycles. The summed E-state index contributed by atoms with van der Waals surface area (Å²) in [6, 6.07) is 6.31. The number of esters is 2. The molecule has 1 aromatic carbocycles. The van der Waals surface area contributed by atoms with Crippen molar-refractivity contribution in [3.05, 3.63) is 29.8 Å². The van der Waals surface area contributed by atoms with E-state index in [-0.39, 0.29) is 11.9 Å². The number of ether oxygens (including phenoxy) is 2. The van der Waals surface area contributed by atoms with Gasteiger partial charge in [0.25, 0.3) is 0 Å². The average Bonchev–Trinajstić information content (AvgIpc) is 2.49. The number of hydrogen-bond donors (Lipinski definition) is 2. The van der Waals surface area contributed by atoms with Gasteiger partial charge in [-0.25, -0.2) is 4.79 Å². The van der Waals surface area contributed by atoms with Gasteiger partial charge in [0.1, 0.15) is 11.4 Å². The molecule has 4 N–H and O–H groups in total. The highest BCUT2D eigenvalue weighted by Gasteiger charge is 2.17. The first-order valence-corrected chi connectivity index (χ1v) is 8.27. The third-order valence-electron chi connectivity index (χ3n) is 3.05. The topological polar surface area (TPSA) is 117 Å². The maximum atomic E-state index is 11.9. The lowest BCUT2D eigenvalue weighted by Crippen LogP contribution is -2.23. The van der Waals surface area contributed by atoms with Crippen LogP contribution >= 0.6 is 0 Å². The van der Waals surface area contributed by atoms with Gasteiger partial charge >= 0.3 is 11.9 Å². The Morgan fingerprint density at radius 2 is 1.68 bits per heavy atom. The van der Waals surface area contributed by atoms with Crippen LogP contribution in [0.2, 0.25) is 0 Å². The van der Waals surface area contributed by atoms with Gasteiger partial charge in [0.05, 0.1) is 5.56 Å². The molecule has 1 rings (SSSR count). The van der Waals surface area contributed by atoms with E-state index in [1.807, 2.05) is 0 Å². The lowest BCUT2D eigenvalue weighted by molar-refractivity contribution is -0.134. The lowest BCUT2D eigenvalue weighted by atomic mass is 10.1. The monoisotopic (exact) mass is 349 g/mol. The van der Waals surface area contributed by atoms with Crippen molar-refractivity contribution in [3.8, 4) is 5.75 Å². The fourth-order valence-corrected chi connectivity index (χ4v) is 1.94. The summed E-state index contributed by atoms with van der Waals surface area (Å²) in [5.41, 5.74) is 10.3. The molecule has 25 heavy (non-hydrogen) atoms. The zero-order chi connectivity index (χ0) is 18.9. The first-order chi connectivity index (χ1) is 11.7. The van der Waals surface area contributed by atoms with Crippen LogP contribution in [0.4, 0.5) is 0 Å². The van der Waals surface area contributed by atoms with Crippen LogP contribution in [0, 0.1) is 0 Å². The van der Waals surface area contributed by atoms with Gasteiger partial charge in [-0.05, 0) is 57.9 Å². The van der Waals surface area contributed by atoms with E-state index < -0.39 is 11.6 Å². The summed E-state index contributed by atoms with van der Waals surface area (Å²) >= 11 is 0. The molecule has 0 saturated heterocycles. The average molecular weight is 349 g/mol. The SMILES string of the molecule is CC(C)(C)OC(=O)c1ccc(OC(=O)CCCCCN=C(N)N)cc1. The molecule has 7 nitrogen and oxygen atoms in total. The van der Waals surface area contributed by atoms with Crippen molar-refractivity contribution in [1.82, 2.24) is 0 Å². The molecular formula is C18H27N3O4. The fraction of sp³-hybridized carbons (Fsp3) is 0.500. The minimum atomic E-state index is -0.552. The van der Waals surface area contributed by atoms with Gasteiger partial charge in [-0.2, -0.15) is 0 Å². The number of unbranched alkanes of at least 4 members (excludes halogenated alkanes) is 2. The van der Waals surface area contributed by atoms with E-state index in [9.17, 15) is 9.59 Å². The Morgan fingerprint density at radius 3 is 2.24 bits per heavy atom. The summed E-state index contributed by atoms with van der Waals surface area (Å²) in [4.78, 5) is 27.6. The van der Waals surface area contributed by atoms with Crippen molar-refractivity contribution in [1.29, 1.82) is 0 Å². The van der Waals surface area contributed by atoms with Crippen molar-refractivity contribution in [2.75, 3.05) is 6.54 Å². The number of hydrogen-bond acceptors (Lipinski definition) is 5. The number of carbonyl (C=O) groups is 2. The molecule has 0 aliphatic carbocycles. The Labute approximate surface area is 148 Å². The van der Waals surface area contributed by atoms with E-state index in [0.29, 0.717) is 30.7 Å². The van der Waals surface area contributed by atoms with Crippen LogP contribution in [-0.2, 0) is 9.53 Å². The van der Waals surface area contributed by atoms with E-state index in [1.165, 1.54) is 0 Å². The second kappa shape index (κ2) is 9.66. The normalized spacial score (nSPS) is 10.8. The Bertz CT molecular complexity index is 600. The third-order valence-corrected chi connectivity index (χ3v) is 3.05. The highest BCUT2D eigenvalue weighted by atomic mass is 16.6. The van der Waals surface area contributed by atoms with Crippen molar-refractivity contribution in [2.24, 2.45) is 16.5 Å². The summed E-state index contributed by atoms with van der Waals surface area (Å²) in [5, 5.41) is 0. The van der Waals surface area contributed by atoms with E-state index >= 15 is 0 Å². The predicted molar refractivity (Wildman–Crippen MR) is 96.4 cm³/mol. The van der Waals surface area contributed by atoms with Crippen molar-refractivity contribution in [3.63, 3.8) is 0 Å². The van der Waals surface area contributed by atoms with E-state index in [0.717, 1.165) is 12.8 Å². The second-order valence-corrected chi connectivity index (χ2v) is 6.62. The number of carbonyl (C=O) groups excluding carboxylic acids is 2. The van der Waals surface area contributed by atoms with Gasteiger partial charge in [-0.15, -0.1) is 0 Å². The van der Waals surface area contributed by atoms with Gasteiger partial charge in [-0.3, -0.25) is 9.79 Å². The Morgan fingerprint density at radius 1 is 1.04 bits per heavy atom. The molecule has 0 atom stereocenters. The lowest BCUT2D eigenvalue weighted by Gasteiger charge is -2.19. The first kappa shape index (κ1) is 20.5. The summed E-state index contributed by atoms with van der Waals surface area (Å²) < 4.78 is 10.5. The molecule has 1 aromatic rings. The van der Waals surface area contributed by atoms with Gasteiger partial charge in [0.2, 0.25) is 0 Å². The minimum Gasteiger partial charge on any atom is -0.456 e. The molecule has 0 bridgehead atoms. The smallest absolute Gasteiger partial charge is 0.338 e. The van der Waals surface area contributed by atoms with Crippen molar-refractivity contribution in [2.45, 2.75) is 52.1 Å². The molecule has 0 spiro atoms. The van der Waals surface area contributed by atoms with Crippen LogP contribution in [0.3, 0.4) is 0 Å². The van der Waals surface area contributed by atoms with E-state index in [4.69, 9.17) is 20.9 Å². The minimum absolute atomic E-state index is 0.0780. The summed E-state index contributed by atoms with van der Waals surface area (Å²) in [7, 11) is 0. The van der Waals surface area contributed by atoms with Crippen LogP contribution < -0.4 is 16.2 Å². The standard InChI is InChI=1S/C18H27N3O4/c1-18(2,3)25-16(23)13-8-10-14(11-9-13)24-15(22)7-5-4-6-12-21-17(19)20/h8-11H,4-7,12H2,1-3H3,(H4,19,20,21). The maximum absolute atomic E-state index is 11.9. The summed E-state index contributed by atoms with van der Waals surface area (Å²) in [5.74, 6) is -0.245. The van der Waals surface area contributed by atoms with Crippen LogP contribution in [0.1, 0.15) is 56.8 Å². The molecule has 0 saturated carbocycles. The van der Waals surface area contributed by atoms with Crippen LogP contribution in [0.25, 0.3) is 0 Å². The molecular weight excluding hydrogens is 322 g/mol. The molecule has 0 fully saturated rings. The zero-order valence-electron chi connectivity index (χ0n) is 15.1. The Balaban J connectivity index is 2.36. The first-order valence-electron chi connectivity index (χ1n) is 8.27. The highest BCUT2D eigenvalue weighted by molar-refractivity contribution is 5.89. The molecule has 138 valence electrons. The Hall–Kier alpha value is -2.57. The fourth-order valence-electron chi connectivity index (χ4n) is 1.94. The van der Waals surface area contributed by atoms with E-state index in [2.05, 4.69) is 4.99 Å². The number of aliphatic imine (C=N–C) groups is 1. The summed E-state index contributed by atoms with van der Waals surface area (Å²) in [6.07, 6.45) is 2.67. The summed E-state index contributed by atoms with van der Waals surface area (Å²) in [6.45, 7) is 5.97. The zero-order valence-corrected chi connectivity index (χ0v) is 15.1. The van der Waals surface area contributed by atoms with E-state index in [1.54, 1.807) is 45.0 Å². The number of rotatable bonds is 8. The van der Waals surface area contributed by atoms with Gasteiger partial charge in [0, 0.05) is 13.0 Å². The van der Waals surface area contributed by atoms with Crippen LogP contribution in [0.15, 0.2) is 29.3 Å². The van der Waals surface area contributed by atoms with Crippen LogP contribution in [0.5, 0.6) is 5.75 Å².